The summed E-state index contributed by atoms with van der Waals surface area (Å²) in [4.78, 5) is 12.6. The number of nitrogens with zero attached hydrogens (tertiary/aromatic N) is 2. The second-order valence-corrected chi connectivity index (χ2v) is 7.09. The van der Waals surface area contributed by atoms with Crippen molar-refractivity contribution in [1.82, 2.24) is 15.1 Å². The Labute approximate surface area is 149 Å². The number of aromatic nitrogens is 2. The third-order valence-electron chi connectivity index (χ3n) is 5.08. The van der Waals surface area contributed by atoms with Crippen LogP contribution >= 0.6 is 0 Å². The van der Waals surface area contributed by atoms with E-state index in [1.807, 2.05) is 42.8 Å². The van der Waals surface area contributed by atoms with Crippen LogP contribution in [0.4, 0.5) is 0 Å². The van der Waals surface area contributed by atoms with E-state index in [9.17, 15) is 9.90 Å². The van der Waals surface area contributed by atoms with Crippen molar-refractivity contribution < 1.29 is 9.90 Å². The zero-order chi connectivity index (χ0) is 17.8. The van der Waals surface area contributed by atoms with Crippen molar-refractivity contribution in [2.24, 2.45) is 5.92 Å². The van der Waals surface area contributed by atoms with Gasteiger partial charge in [0.1, 0.15) is 0 Å². The fraction of sp³-hybridized carbons (Fsp3) is 0.500. The van der Waals surface area contributed by atoms with Crippen LogP contribution in [0, 0.1) is 19.8 Å². The molecule has 0 saturated heterocycles. The molecule has 1 aliphatic rings. The second kappa shape index (κ2) is 7.83. The summed E-state index contributed by atoms with van der Waals surface area (Å²) >= 11 is 0. The highest BCUT2D eigenvalue weighted by atomic mass is 16.3. The molecule has 1 amide bonds. The van der Waals surface area contributed by atoms with Gasteiger partial charge >= 0.3 is 0 Å². The lowest BCUT2D eigenvalue weighted by molar-refractivity contribution is 0.0872. The number of amides is 1. The SMILES string of the molecule is Cc1cc(C)n(Cc2cccc(C(=O)NC3CCCCC3CO)c2)n1. The number of aliphatic hydroxyl groups is 1. The van der Waals surface area contributed by atoms with Crippen molar-refractivity contribution >= 4 is 5.91 Å². The standard InChI is InChI=1S/C20H27N3O2/c1-14-10-15(2)23(22-14)12-16-6-5-8-17(11-16)20(25)21-19-9-4-3-7-18(19)13-24/h5-6,8,10-11,18-19,24H,3-4,7,9,12-13H2,1-2H3,(H,21,25). The van der Waals surface area contributed by atoms with Gasteiger partial charge in [-0.25, -0.2) is 0 Å². The molecule has 1 saturated carbocycles. The highest BCUT2D eigenvalue weighted by Gasteiger charge is 2.26. The Morgan fingerprint density at radius 3 is 2.80 bits per heavy atom. The predicted molar refractivity (Wildman–Crippen MR) is 97.5 cm³/mol. The van der Waals surface area contributed by atoms with Crippen LogP contribution < -0.4 is 5.32 Å². The Kier molecular flexibility index (Phi) is 5.53. The molecule has 134 valence electrons. The molecule has 0 bridgehead atoms. The molecule has 2 atom stereocenters. The maximum Gasteiger partial charge on any atom is 0.251 e. The van der Waals surface area contributed by atoms with E-state index in [-0.39, 0.29) is 24.5 Å². The molecule has 1 aromatic carbocycles. The quantitative estimate of drug-likeness (QED) is 0.879. The molecule has 0 aliphatic heterocycles. The number of aryl methyl sites for hydroxylation is 2. The zero-order valence-electron chi connectivity index (χ0n) is 15.0. The molecule has 1 heterocycles. The molecular weight excluding hydrogens is 314 g/mol. The minimum absolute atomic E-state index is 0.0550. The molecule has 0 spiro atoms. The van der Waals surface area contributed by atoms with Crippen LogP contribution in [0.1, 0.15) is 53.0 Å². The zero-order valence-corrected chi connectivity index (χ0v) is 15.0. The van der Waals surface area contributed by atoms with Crippen molar-refractivity contribution in [2.45, 2.75) is 52.1 Å². The van der Waals surface area contributed by atoms with Gasteiger partial charge in [-0.05, 0) is 50.5 Å². The minimum atomic E-state index is -0.0550. The number of carbonyl (C=O) groups is 1. The molecule has 2 N–H and O–H groups in total. The van der Waals surface area contributed by atoms with E-state index < -0.39 is 0 Å². The molecule has 5 heteroatoms. The van der Waals surface area contributed by atoms with E-state index in [2.05, 4.69) is 16.5 Å². The number of aliphatic hydroxyl groups excluding tert-OH is 1. The number of rotatable bonds is 5. The maximum absolute atomic E-state index is 12.6. The van der Waals surface area contributed by atoms with Gasteiger partial charge in [0.2, 0.25) is 0 Å². The van der Waals surface area contributed by atoms with Crippen LogP contribution in [0.5, 0.6) is 0 Å². The van der Waals surface area contributed by atoms with Gasteiger partial charge in [-0.1, -0.05) is 25.0 Å². The Morgan fingerprint density at radius 1 is 1.28 bits per heavy atom. The van der Waals surface area contributed by atoms with Crippen molar-refractivity contribution in [3.05, 3.63) is 52.8 Å². The molecule has 2 aromatic rings. The lowest BCUT2D eigenvalue weighted by Gasteiger charge is -2.30. The van der Waals surface area contributed by atoms with Crippen LogP contribution in [-0.2, 0) is 6.54 Å². The molecule has 2 unspecified atom stereocenters. The van der Waals surface area contributed by atoms with Crippen LogP contribution in [0.25, 0.3) is 0 Å². The molecule has 5 nitrogen and oxygen atoms in total. The second-order valence-electron chi connectivity index (χ2n) is 7.09. The fourth-order valence-corrected chi connectivity index (χ4v) is 3.69. The fourth-order valence-electron chi connectivity index (χ4n) is 3.69. The Hall–Kier alpha value is -2.14. The smallest absolute Gasteiger partial charge is 0.251 e. The average molecular weight is 341 g/mol. The first kappa shape index (κ1) is 17.7. The molecule has 1 aliphatic carbocycles. The van der Waals surface area contributed by atoms with Crippen molar-refractivity contribution in [3.63, 3.8) is 0 Å². The van der Waals surface area contributed by atoms with Crippen LogP contribution in [0.15, 0.2) is 30.3 Å². The number of hydrogen-bond acceptors (Lipinski definition) is 3. The van der Waals surface area contributed by atoms with E-state index in [0.717, 1.165) is 42.6 Å². The number of hydrogen-bond donors (Lipinski definition) is 2. The van der Waals surface area contributed by atoms with Gasteiger partial charge in [-0.2, -0.15) is 5.10 Å². The summed E-state index contributed by atoms with van der Waals surface area (Å²) in [7, 11) is 0. The van der Waals surface area contributed by atoms with E-state index >= 15 is 0 Å². The molecule has 0 radical (unpaired) electrons. The molecule has 25 heavy (non-hydrogen) atoms. The summed E-state index contributed by atoms with van der Waals surface area (Å²) in [5.41, 5.74) is 3.83. The lowest BCUT2D eigenvalue weighted by Crippen LogP contribution is -2.43. The van der Waals surface area contributed by atoms with E-state index in [4.69, 9.17) is 0 Å². The molecule has 3 rings (SSSR count). The lowest BCUT2D eigenvalue weighted by atomic mass is 9.85. The normalized spacial score (nSPS) is 20.4. The van der Waals surface area contributed by atoms with Crippen LogP contribution in [0.2, 0.25) is 0 Å². The van der Waals surface area contributed by atoms with Gasteiger partial charge in [-0.3, -0.25) is 9.48 Å². The Balaban J connectivity index is 1.70. The molecule has 1 aromatic heterocycles. The van der Waals surface area contributed by atoms with Crippen LogP contribution in [-0.4, -0.2) is 33.4 Å². The van der Waals surface area contributed by atoms with Gasteiger partial charge in [0, 0.05) is 29.8 Å². The molecule has 1 fully saturated rings. The topological polar surface area (TPSA) is 67.2 Å². The van der Waals surface area contributed by atoms with Gasteiger partial charge in [0.25, 0.3) is 5.91 Å². The van der Waals surface area contributed by atoms with E-state index in [1.165, 1.54) is 0 Å². The van der Waals surface area contributed by atoms with Gasteiger partial charge in [0.05, 0.1) is 12.2 Å². The van der Waals surface area contributed by atoms with Crippen molar-refractivity contribution in [3.8, 4) is 0 Å². The summed E-state index contributed by atoms with van der Waals surface area (Å²) in [5.74, 6) is 0.121. The van der Waals surface area contributed by atoms with Gasteiger partial charge < -0.3 is 10.4 Å². The number of benzene rings is 1. The first-order chi connectivity index (χ1) is 12.1. The van der Waals surface area contributed by atoms with E-state index in [0.29, 0.717) is 12.1 Å². The first-order valence-corrected chi connectivity index (χ1v) is 9.08. The maximum atomic E-state index is 12.6. The largest absolute Gasteiger partial charge is 0.396 e. The summed E-state index contributed by atoms with van der Waals surface area (Å²) in [6, 6.07) is 9.84. The predicted octanol–water partition coefficient (Wildman–Crippen LogP) is 2.83. The highest BCUT2D eigenvalue weighted by Crippen LogP contribution is 2.24. The summed E-state index contributed by atoms with van der Waals surface area (Å²) in [5, 5.41) is 17.1. The third-order valence-corrected chi connectivity index (χ3v) is 5.08. The van der Waals surface area contributed by atoms with Gasteiger partial charge in [-0.15, -0.1) is 0 Å². The first-order valence-electron chi connectivity index (χ1n) is 9.08. The van der Waals surface area contributed by atoms with Gasteiger partial charge in [0.15, 0.2) is 0 Å². The minimum Gasteiger partial charge on any atom is -0.396 e. The molecular formula is C20H27N3O2. The third kappa shape index (κ3) is 4.28. The summed E-state index contributed by atoms with van der Waals surface area (Å²) in [6.07, 6.45) is 4.18. The van der Waals surface area contributed by atoms with Crippen molar-refractivity contribution in [2.75, 3.05) is 6.61 Å². The number of nitrogens with one attached hydrogen (secondary N) is 1. The Morgan fingerprint density at radius 2 is 2.08 bits per heavy atom. The highest BCUT2D eigenvalue weighted by molar-refractivity contribution is 5.94. The summed E-state index contributed by atoms with van der Waals surface area (Å²) in [6.45, 7) is 4.82. The number of carbonyl (C=O) groups excluding carboxylic acids is 1. The average Bonchev–Trinajstić information content (AvgIpc) is 2.92. The Bertz CT molecular complexity index is 738. The summed E-state index contributed by atoms with van der Waals surface area (Å²) < 4.78 is 1.95. The van der Waals surface area contributed by atoms with E-state index in [1.54, 1.807) is 0 Å². The monoisotopic (exact) mass is 341 g/mol. The van der Waals surface area contributed by atoms with Crippen molar-refractivity contribution in [1.29, 1.82) is 0 Å². The van der Waals surface area contributed by atoms with Crippen LogP contribution in [0.3, 0.4) is 0 Å².